The molecule has 2 fully saturated rings. The lowest BCUT2D eigenvalue weighted by molar-refractivity contribution is -0.132. The summed E-state index contributed by atoms with van der Waals surface area (Å²) in [6, 6.07) is 5.87. The summed E-state index contributed by atoms with van der Waals surface area (Å²) in [6.45, 7) is 6.28. The van der Waals surface area contributed by atoms with Crippen LogP contribution in [0.2, 0.25) is 0 Å². The summed E-state index contributed by atoms with van der Waals surface area (Å²) in [5.74, 6) is 1.50. The molecule has 2 amide bonds. The molecule has 0 spiro atoms. The fourth-order valence-corrected chi connectivity index (χ4v) is 6.89. The zero-order valence-corrected chi connectivity index (χ0v) is 26.6. The van der Waals surface area contributed by atoms with Gasteiger partial charge in [0.15, 0.2) is 0 Å². The molecule has 2 aliphatic rings. The van der Waals surface area contributed by atoms with Gasteiger partial charge in [-0.3, -0.25) is 9.59 Å². The fraction of sp³-hybridized carbons (Fsp3) is 0.469. The van der Waals surface area contributed by atoms with Crippen molar-refractivity contribution in [3.63, 3.8) is 0 Å². The van der Waals surface area contributed by atoms with Crippen molar-refractivity contribution < 1.29 is 9.59 Å². The van der Waals surface area contributed by atoms with E-state index in [1.165, 1.54) is 12.7 Å². The second-order valence-corrected chi connectivity index (χ2v) is 12.5. The molecule has 4 N–H and O–H groups in total. The Hall–Kier alpha value is -5.19. The Morgan fingerprint density at radius 2 is 1.39 bits per heavy atom. The molecule has 0 aromatic carbocycles. The molecule has 6 rings (SSSR count). The van der Waals surface area contributed by atoms with Gasteiger partial charge < -0.3 is 35.3 Å². The summed E-state index contributed by atoms with van der Waals surface area (Å²) in [5.41, 5.74) is 7.70. The van der Waals surface area contributed by atoms with Crippen LogP contribution >= 0.6 is 0 Å². The number of amides is 2. The summed E-state index contributed by atoms with van der Waals surface area (Å²) in [5, 5.41) is 11.9. The molecule has 0 aliphatic carbocycles. The lowest BCUT2D eigenvalue weighted by Crippen LogP contribution is -2.53. The predicted octanol–water partition coefficient (Wildman–Crippen LogP) is 2.40. The molecule has 46 heavy (non-hydrogen) atoms. The molecular weight excluding hydrogens is 584 g/mol. The molecule has 240 valence electrons. The summed E-state index contributed by atoms with van der Waals surface area (Å²) >= 11 is 0. The van der Waals surface area contributed by atoms with E-state index < -0.39 is 5.91 Å². The summed E-state index contributed by atoms with van der Waals surface area (Å²) in [4.78, 5) is 58.8. The van der Waals surface area contributed by atoms with Crippen LogP contribution in [0.1, 0.15) is 33.1 Å². The average Bonchev–Trinajstić information content (AvgIpc) is 3.75. The molecule has 0 bridgehead atoms. The zero-order valence-electron chi connectivity index (χ0n) is 26.6. The Kier molecular flexibility index (Phi) is 8.48. The van der Waals surface area contributed by atoms with E-state index in [-0.39, 0.29) is 41.6 Å². The van der Waals surface area contributed by atoms with Crippen molar-refractivity contribution in [1.82, 2.24) is 39.7 Å². The fourth-order valence-electron chi connectivity index (χ4n) is 6.89. The molecule has 2 aliphatic heterocycles. The number of carbonyl (C=O) groups is 2. The van der Waals surface area contributed by atoms with Crippen LogP contribution < -0.4 is 15.5 Å². The molecule has 14 heteroatoms. The van der Waals surface area contributed by atoms with Gasteiger partial charge in [0.2, 0.25) is 5.91 Å². The highest BCUT2D eigenvalue weighted by Gasteiger charge is 2.36. The average molecular weight is 625 g/mol. The lowest BCUT2D eigenvalue weighted by atomic mass is 9.91. The smallest absolute Gasteiger partial charge is 0.266 e. The molecule has 4 aromatic heterocycles. The van der Waals surface area contributed by atoms with E-state index in [0.29, 0.717) is 32.1 Å². The van der Waals surface area contributed by atoms with Crippen LogP contribution in [-0.2, 0) is 9.59 Å². The number of hydrogen-bond donors (Lipinski definition) is 3. The standard InChI is InChI=1S/C32H40N12O2/c1-19-7-11-43(15-25(19)41(3)30-21-5-9-35-28(21)37-17-39-30)27(45)13-24(34)23(14-33)32(46)44-12-8-20(2)26(16-44)42(4)31-22-6-10-36-29(22)38-18-40-31/h5-6,9-10,17-20,25-26H,7-8,11-13,15-16,34H2,1-4H3,(H,35,37,39)(H,36,38,40)/t19-,20-,25+,26+/m1/s1. The van der Waals surface area contributed by atoms with Crippen molar-refractivity contribution in [3.05, 3.63) is 48.5 Å². The Morgan fingerprint density at radius 3 is 1.91 bits per heavy atom. The number of likely N-dealkylation sites (tertiary alicyclic amines) is 2. The number of H-pyrrole nitrogens is 2. The van der Waals surface area contributed by atoms with Crippen molar-refractivity contribution in [2.75, 3.05) is 50.1 Å². The molecule has 0 unspecified atom stereocenters. The van der Waals surface area contributed by atoms with E-state index in [2.05, 4.69) is 53.6 Å². The van der Waals surface area contributed by atoms with Crippen LogP contribution in [0.4, 0.5) is 11.6 Å². The van der Waals surface area contributed by atoms with Gasteiger partial charge in [-0.25, -0.2) is 19.9 Å². The monoisotopic (exact) mass is 624 g/mol. The van der Waals surface area contributed by atoms with Gasteiger partial charge in [0, 0.05) is 58.4 Å². The minimum Gasteiger partial charge on any atom is -0.400 e. The second kappa shape index (κ2) is 12.7. The van der Waals surface area contributed by atoms with Gasteiger partial charge in [-0.1, -0.05) is 13.8 Å². The van der Waals surface area contributed by atoms with Gasteiger partial charge in [0.05, 0.1) is 29.3 Å². The third kappa shape index (κ3) is 5.68. The van der Waals surface area contributed by atoms with E-state index >= 15 is 0 Å². The number of aromatic amines is 2. The maximum Gasteiger partial charge on any atom is 0.266 e. The van der Waals surface area contributed by atoms with Crippen molar-refractivity contribution in [2.24, 2.45) is 17.6 Å². The molecular formula is C32H40N12O2. The highest BCUT2D eigenvalue weighted by atomic mass is 16.2. The van der Waals surface area contributed by atoms with E-state index in [1.54, 1.807) is 9.80 Å². The molecule has 2 saturated heterocycles. The highest BCUT2D eigenvalue weighted by molar-refractivity contribution is 5.99. The lowest BCUT2D eigenvalue weighted by Gasteiger charge is -2.42. The quantitative estimate of drug-likeness (QED) is 0.204. The normalized spacial score (nSPS) is 22.4. The number of nitrogens with one attached hydrogen (secondary N) is 2. The number of carbonyl (C=O) groups excluding carboxylic acids is 2. The maximum absolute atomic E-state index is 13.7. The molecule has 6 heterocycles. The van der Waals surface area contributed by atoms with Crippen molar-refractivity contribution in [1.29, 1.82) is 5.26 Å². The van der Waals surface area contributed by atoms with E-state index in [1.807, 2.05) is 44.7 Å². The topological polar surface area (TPSA) is 180 Å². The Bertz CT molecular complexity index is 1820. The minimum absolute atomic E-state index is 0.000726. The van der Waals surface area contributed by atoms with Gasteiger partial charge in [0.1, 0.15) is 47.2 Å². The number of fused-ring (bicyclic) bond motifs is 2. The number of nitrogens with zero attached hydrogens (tertiary/aromatic N) is 9. The molecule has 0 radical (unpaired) electrons. The van der Waals surface area contributed by atoms with Crippen LogP contribution in [0.25, 0.3) is 22.1 Å². The Labute approximate surface area is 267 Å². The predicted molar refractivity (Wildman–Crippen MR) is 174 cm³/mol. The Balaban J connectivity index is 1.14. The van der Waals surface area contributed by atoms with Crippen molar-refractivity contribution in [3.8, 4) is 6.07 Å². The first-order valence-electron chi connectivity index (χ1n) is 15.7. The first-order chi connectivity index (χ1) is 22.2. The van der Waals surface area contributed by atoms with Crippen molar-refractivity contribution >= 4 is 45.5 Å². The maximum atomic E-state index is 13.7. The van der Waals surface area contributed by atoms with Gasteiger partial charge in [-0.2, -0.15) is 5.26 Å². The van der Waals surface area contributed by atoms with Gasteiger partial charge in [-0.05, 0) is 36.8 Å². The van der Waals surface area contributed by atoms with Gasteiger partial charge in [-0.15, -0.1) is 0 Å². The van der Waals surface area contributed by atoms with Gasteiger partial charge >= 0.3 is 0 Å². The third-order valence-electron chi connectivity index (χ3n) is 9.79. The van der Waals surface area contributed by atoms with E-state index in [0.717, 1.165) is 46.5 Å². The van der Waals surface area contributed by atoms with Crippen LogP contribution in [0.15, 0.2) is 48.5 Å². The molecule has 4 atom stereocenters. The summed E-state index contributed by atoms with van der Waals surface area (Å²) in [6.07, 6.45) is 8.07. The summed E-state index contributed by atoms with van der Waals surface area (Å²) < 4.78 is 0. The first kappa shape index (κ1) is 30.8. The number of piperidine rings is 2. The molecule has 14 nitrogen and oxygen atoms in total. The Morgan fingerprint density at radius 1 is 0.891 bits per heavy atom. The highest BCUT2D eigenvalue weighted by Crippen LogP contribution is 2.31. The molecule has 4 aromatic rings. The van der Waals surface area contributed by atoms with Crippen LogP contribution in [0.3, 0.4) is 0 Å². The number of hydrogen-bond acceptors (Lipinski definition) is 10. The van der Waals surface area contributed by atoms with Gasteiger partial charge in [0.25, 0.3) is 5.91 Å². The van der Waals surface area contributed by atoms with Crippen LogP contribution in [0, 0.1) is 23.2 Å². The number of likely N-dealkylation sites (N-methyl/N-ethyl adjacent to an activating group) is 2. The first-order valence-corrected chi connectivity index (χ1v) is 15.7. The van der Waals surface area contributed by atoms with Crippen molar-refractivity contribution in [2.45, 2.75) is 45.2 Å². The number of nitriles is 1. The third-order valence-corrected chi connectivity index (χ3v) is 9.79. The number of rotatable bonds is 7. The van der Waals surface area contributed by atoms with Crippen LogP contribution in [-0.4, -0.2) is 104 Å². The number of anilines is 2. The van der Waals surface area contributed by atoms with E-state index in [9.17, 15) is 14.9 Å². The van der Waals surface area contributed by atoms with E-state index in [4.69, 9.17) is 5.73 Å². The number of nitrogens with two attached hydrogens (primary N) is 1. The zero-order chi connectivity index (χ0) is 32.5. The SMILES string of the molecule is C[C@@H]1CCN(C(=O)CC(N)=C(C#N)C(=O)N2CC[C@@H](C)[C@@H](N(C)c3ncnc4[nH]ccc34)C2)C[C@@H]1N(C)c1ncnc2[nH]ccc12. The minimum atomic E-state index is -0.447. The summed E-state index contributed by atoms with van der Waals surface area (Å²) in [7, 11) is 3.95. The largest absolute Gasteiger partial charge is 0.400 e. The number of aromatic nitrogens is 6. The second-order valence-electron chi connectivity index (χ2n) is 12.5. The molecule has 0 saturated carbocycles. The van der Waals surface area contributed by atoms with Crippen LogP contribution in [0.5, 0.6) is 0 Å².